The summed E-state index contributed by atoms with van der Waals surface area (Å²) in [6.45, 7) is 2.26. The van der Waals surface area contributed by atoms with E-state index in [2.05, 4.69) is 19.1 Å². The van der Waals surface area contributed by atoms with Gasteiger partial charge in [-0.1, -0.05) is 96.1 Å². The summed E-state index contributed by atoms with van der Waals surface area (Å²) < 4.78 is 0. The Hall–Kier alpha value is -0.320. The van der Waals surface area contributed by atoms with Gasteiger partial charge >= 0.3 is 35.5 Å². The molecule has 5 heteroatoms. The second-order valence-electron chi connectivity index (χ2n) is 8.04. The summed E-state index contributed by atoms with van der Waals surface area (Å²) in [6, 6.07) is 0. The first-order valence-corrected chi connectivity index (χ1v) is 11.7. The van der Waals surface area contributed by atoms with E-state index in [-0.39, 0.29) is 36.0 Å². The van der Waals surface area contributed by atoms with Crippen LogP contribution >= 0.6 is 0 Å². The smallest absolute Gasteiger partial charge is 0.550 e. The van der Waals surface area contributed by atoms with Crippen LogP contribution in [0.5, 0.6) is 0 Å². The van der Waals surface area contributed by atoms with Crippen LogP contribution in [0.3, 0.4) is 0 Å². The van der Waals surface area contributed by atoms with Crippen molar-refractivity contribution in [3.05, 3.63) is 12.2 Å². The Balaban J connectivity index is 0. The Morgan fingerprint density at radius 2 is 1.17 bits per heavy atom. The molecule has 0 bridgehead atoms. The number of hydrogen-bond acceptors (Lipinski definition) is 3. The fraction of sp³-hybridized carbons (Fsp3) is 0.833. The van der Waals surface area contributed by atoms with Gasteiger partial charge in [0.25, 0.3) is 0 Å². The Labute approximate surface area is 201 Å². The molecule has 0 aromatic heterocycles. The summed E-state index contributed by atoms with van der Waals surface area (Å²) in [6.07, 6.45) is 24.5. The predicted octanol–water partition coefficient (Wildman–Crippen LogP) is 3.04. The van der Waals surface area contributed by atoms with Crippen molar-refractivity contribution in [1.82, 2.24) is 0 Å². The van der Waals surface area contributed by atoms with E-state index < -0.39 is 17.9 Å². The monoisotopic (exact) mass is 418 g/mol. The first kappa shape index (κ1) is 30.9. The number of aliphatic carboxylic acids is 2. The van der Waals surface area contributed by atoms with Crippen LogP contribution in [0.15, 0.2) is 12.2 Å². The molecular formula is C24H43NaO4. The fourth-order valence-corrected chi connectivity index (χ4v) is 3.51. The summed E-state index contributed by atoms with van der Waals surface area (Å²) in [4.78, 5) is 21.5. The molecule has 0 rings (SSSR count). The molecule has 4 nitrogen and oxygen atoms in total. The first-order valence-electron chi connectivity index (χ1n) is 11.7. The Bertz CT molecular complexity index is 410. The Morgan fingerprint density at radius 3 is 1.59 bits per heavy atom. The summed E-state index contributed by atoms with van der Waals surface area (Å²) >= 11 is 0. The zero-order valence-electron chi connectivity index (χ0n) is 19.1. The second-order valence-corrected chi connectivity index (χ2v) is 8.04. The van der Waals surface area contributed by atoms with Gasteiger partial charge in [0.15, 0.2) is 0 Å². The number of hydrogen-bond donors (Lipinski definition) is 1. The molecule has 0 radical (unpaired) electrons. The molecule has 0 amide bonds. The van der Waals surface area contributed by atoms with Gasteiger partial charge in [0.1, 0.15) is 0 Å². The van der Waals surface area contributed by atoms with Crippen LogP contribution in [0.1, 0.15) is 122 Å². The maximum Gasteiger partial charge on any atom is 1.00 e. The SMILES string of the molecule is CCCCCCCC/C=C/CCCCCCCCCCC(CC(=O)[O-])C(=O)O.[Na+]. The largest absolute Gasteiger partial charge is 1.00 e. The molecule has 0 saturated carbocycles. The fourth-order valence-electron chi connectivity index (χ4n) is 3.51. The molecular weight excluding hydrogens is 375 g/mol. The average Bonchev–Trinajstić information content (AvgIpc) is 2.65. The standard InChI is InChI=1S/C24H44O4.Na/c1-2-3-4-5-6-7-8-9-10-11-12-13-14-15-16-17-18-19-20-22(24(27)28)21-23(25)26;/h9-10,22H,2-8,11-21H2,1H3,(H,25,26)(H,27,28);/q;+1/p-1/b10-9+;. The topological polar surface area (TPSA) is 77.4 Å². The maximum atomic E-state index is 11.0. The molecule has 1 unspecified atom stereocenters. The number of carbonyl (C=O) groups excluding carboxylic acids is 1. The number of allylic oxidation sites excluding steroid dienone is 2. The van der Waals surface area contributed by atoms with E-state index in [1.54, 1.807) is 0 Å². The van der Waals surface area contributed by atoms with E-state index in [0.29, 0.717) is 6.42 Å². The third-order valence-electron chi connectivity index (χ3n) is 5.33. The van der Waals surface area contributed by atoms with E-state index in [4.69, 9.17) is 5.11 Å². The summed E-state index contributed by atoms with van der Waals surface area (Å²) in [5.74, 6) is -3.09. The van der Waals surface area contributed by atoms with E-state index >= 15 is 0 Å². The van der Waals surface area contributed by atoms with Gasteiger partial charge in [0.05, 0.1) is 5.92 Å². The molecule has 0 aliphatic carbocycles. The molecule has 1 atom stereocenters. The van der Waals surface area contributed by atoms with E-state index in [1.807, 2.05) is 0 Å². The molecule has 0 spiro atoms. The zero-order valence-corrected chi connectivity index (χ0v) is 21.1. The minimum Gasteiger partial charge on any atom is -0.550 e. The van der Waals surface area contributed by atoms with Gasteiger partial charge in [0, 0.05) is 12.4 Å². The third kappa shape index (κ3) is 23.8. The number of carbonyl (C=O) groups is 2. The van der Waals surface area contributed by atoms with Crippen molar-refractivity contribution in [2.45, 2.75) is 122 Å². The van der Waals surface area contributed by atoms with Crippen LogP contribution in [0.4, 0.5) is 0 Å². The predicted molar refractivity (Wildman–Crippen MR) is 114 cm³/mol. The van der Waals surface area contributed by atoms with Crippen LogP contribution in [-0.2, 0) is 9.59 Å². The van der Waals surface area contributed by atoms with Crippen LogP contribution in [0, 0.1) is 5.92 Å². The van der Waals surface area contributed by atoms with Crippen molar-refractivity contribution in [3.63, 3.8) is 0 Å². The molecule has 0 heterocycles. The summed E-state index contributed by atoms with van der Waals surface area (Å²) in [7, 11) is 0. The summed E-state index contributed by atoms with van der Waals surface area (Å²) in [5.41, 5.74) is 0. The first-order chi connectivity index (χ1) is 13.6. The molecule has 0 aromatic carbocycles. The van der Waals surface area contributed by atoms with Gasteiger partial charge in [-0.2, -0.15) is 0 Å². The van der Waals surface area contributed by atoms with Gasteiger partial charge in [-0.05, 0) is 32.1 Å². The van der Waals surface area contributed by atoms with Gasteiger partial charge in [-0.25, -0.2) is 0 Å². The third-order valence-corrected chi connectivity index (χ3v) is 5.33. The summed E-state index contributed by atoms with van der Waals surface area (Å²) in [5, 5.41) is 19.5. The Morgan fingerprint density at radius 1 is 0.759 bits per heavy atom. The molecule has 29 heavy (non-hydrogen) atoms. The van der Waals surface area contributed by atoms with Gasteiger partial charge < -0.3 is 15.0 Å². The number of rotatable bonds is 21. The van der Waals surface area contributed by atoms with Crippen molar-refractivity contribution < 1.29 is 49.4 Å². The Kier molecular flexibility index (Phi) is 25.5. The van der Waals surface area contributed by atoms with Crippen molar-refractivity contribution in [2.75, 3.05) is 0 Å². The molecule has 164 valence electrons. The number of carboxylic acids is 2. The molecule has 0 fully saturated rings. The maximum absolute atomic E-state index is 11.0. The number of carboxylic acid groups (broad SMARTS) is 2. The van der Waals surface area contributed by atoms with Crippen LogP contribution in [0.25, 0.3) is 0 Å². The molecule has 0 aliphatic rings. The number of unbranched alkanes of at least 4 members (excludes halogenated alkanes) is 14. The molecule has 1 N–H and O–H groups in total. The van der Waals surface area contributed by atoms with E-state index in [9.17, 15) is 14.7 Å². The van der Waals surface area contributed by atoms with Gasteiger partial charge in [-0.3, -0.25) is 4.79 Å². The van der Waals surface area contributed by atoms with Crippen LogP contribution in [0.2, 0.25) is 0 Å². The van der Waals surface area contributed by atoms with Crippen molar-refractivity contribution in [3.8, 4) is 0 Å². The quantitative estimate of drug-likeness (QED) is 0.177. The normalized spacial score (nSPS) is 12.0. The van der Waals surface area contributed by atoms with Gasteiger partial charge in [0.2, 0.25) is 0 Å². The van der Waals surface area contributed by atoms with E-state index in [0.717, 1.165) is 19.3 Å². The second kappa shape index (κ2) is 24.0. The van der Waals surface area contributed by atoms with E-state index in [1.165, 1.54) is 83.5 Å². The van der Waals surface area contributed by atoms with Crippen molar-refractivity contribution >= 4 is 11.9 Å². The minimum absolute atomic E-state index is 0. The van der Waals surface area contributed by atoms with Crippen molar-refractivity contribution in [2.24, 2.45) is 5.92 Å². The molecule has 0 saturated heterocycles. The van der Waals surface area contributed by atoms with Crippen molar-refractivity contribution in [1.29, 1.82) is 0 Å². The average molecular weight is 419 g/mol. The van der Waals surface area contributed by atoms with Crippen LogP contribution in [-0.4, -0.2) is 17.0 Å². The molecule has 0 aromatic rings. The van der Waals surface area contributed by atoms with Gasteiger partial charge in [-0.15, -0.1) is 0 Å². The van der Waals surface area contributed by atoms with Crippen LogP contribution < -0.4 is 34.7 Å². The molecule has 0 aliphatic heterocycles. The zero-order chi connectivity index (χ0) is 20.9. The minimum atomic E-state index is -1.27.